The molecule has 0 fully saturated rings. The van der Waals surface area contributed by atoms with Gasteiger partial charge in [0, 0.05) is 0 Å². The fourth-order valence-corrected chi connectivity index (χ4v) is 9.48. The maximum absolute atomic E-state index is 2.23. The van der Waals surface area contributed by atoms with Gasteiger partial charge in [-0.05, 0) is 37.1 Å². The van der Waals surface area contributed by atoms with Gasteiger partial charge < -0.3 is 0 Å². The van der Waals surface area contributed by atoms with Crippen molar-refractivity contribution in [1.82, 2.24) is 0 Å². The molecule has 0 spiro atoms. The van der Waals surface area contributed by atoms with E-state index in [2.05, 4.69) is 170 Å². The van der Waals surface area contributed by atoms with Crippen molar-refractivity contribution < 1.29 is 34.1 Å². The van der Waals surface area contributed by atoms with Crippen LogP contribution in [0.25, 0.3) is 0 Å². The van der Waals surface area contributed by atoms with E-state index >= 15 is 0 Å². The molecule has 0 saturated heterocycles. The van der Waals surface area contributed by atoms with Crippen molar-refractivity contribution in [2.24, 2.45) is 0 Å². The van der Waals surface area contributed by atoms with Crippen LogP contribution in [0.3, 0.4) is 0 Å². The second-order valence-corrected chi connectivity index (χ2v) is 14.7. The molecule has 256 valence electrons. The third kappa shape index (κ3) is 14.5. The molecule has 0 N–H and O–H groups in total. The molecule has 0 aliphatic heterocycles. The van der Waals surface area contributed by atoms with Crippen LogP contribution in [-0.2, 0) is 34.1 Å². The average Bonchev–Trinajstić information content (AvgIpc) is 3.98. The molecule has 0 nitrogen and oxygen atoms in total. The summed E-state index contributed by atoms with van der Waals surface area (Å²) in [7, 11) is -0.818. The zero-order valence-electron chi connectivity index (χ0n) is 27.4. The van der Waals surface area contributed by atoms with Gasteiger partial charge in [-0.25, -0.2) is 48.5 Å². The molecule has 0 saturated carbocycles. The predicted molar refractivity (Wildman–Crippen MR) is 220 cm³/mol. The van der Waals surface area contributed by atoms with E-state index in [9.17, 15) is 0 Å². The van der Waals surface area contributed by atoms with Crippen molar-refractivity contribution >= 4 is 72.5 Å². The molecule has 0 radical (unpaired) electrons. The summed E-state index contributed by atoms with van der Waals surface area (Å²) in [4.78, 5) is 0. The zero-order chi connectivity index (χ0) is 31.5. The second-order valence-electron chi connectivity index (χ2n) is 10.2. The summed E-state index contributed by atoms with van der Waals surface area (Å²) in [5.74, 6) is 0. The first-order valence-electron chi connectivity index (χ1n) is 15.5. The standard InChI is InChI=1S/2C17H14P.2C5H5.2ClH.2Fe/c2*1-3-9-15(10-4-1)18(17-13-7-8-14-17)16-11-5-2-6-12-16;2*1-2-4-5-3-1;;;;/h2*1-14H;2*1-5H;2*1H;;/q4*-1;;;2*+2. The Labute approximate surface area is 334 Å². The van der Waals surface area contributed by atoms with Gasteiger partial charge in [-0.15, -0.1) is 35.4 Å². The summed E-state index contributed by atoms with van der Waals surface area (Å²) < 4.78 is 0. The molecule has 0 heterocycles. The van der Waals surface area contributed by atoms with Crippen molar-refractivity contribution in [3.63, 3.8) is 0 Å². The van der Waals surface area contributed by atoms with Crippen molar-refractivity contribution in [1.29, 1.82) is 0 Å². The Morgan fingerprint density at radius 1 is 0.280 bits per heavy atom. The summed E-state index contributed by atoms with van der Waals surface area (Å²) in [5, 5.41) is 8.47. The molecular formula is C44H40Cl2Fe2P2. The Bertz CT molecular complexity index is 1560. The first-order valence-corrected chi connectivity index (χ1v) is 18.2. The van der Waals surface area contributed by atoms with Crippen LogP contribution in [-0.4, -0.2) is 0 Å². The minimum Gasteiger partial charge on any atom is -0.214 e. The SMILES string of the molecule is Cl.Cl.[Fe+2].[Fe+2].c1cc[cH-]c1.c1cc[cH-]c1.c1ccc(P(c2ccccc2)c2ccc[cH-]2)cc1.c1ccc(P(c2ccccc2)c2ccc[cH-]2)cc1. The van der Waals surface area contributed by atoms with Gasteiger partial charge in [0.1, 0.15) is 0 Å². The molecule has 0 unspecified atom stereocenters. The molecule has 6 heteroatoms. The van der Waals surface area contributed by atoms with Crippen LogP contribution in [0, 0.1) is 0 Å². The first-order chi connectivity index (χ1) is 22.9. The van der Waals surface area contributed by atoms with Crippen molar-refractivity contribution in [3.8, 4) is 0 Å². The fraction of sp³-hybridized carbons (Fsp3) is 0. The molecule has 50 heavy (non-hydrogen) atoms. The van der Waals surface area contributed by atoms with Crippen LogP contribution in [0.1, 0.15) is 0 Å². The van der Waals surface area contributed by atoms with Gasteiger partial charge in [-0.1, -0.05) is 121 Å². The van der Waals surface area contributed by atoms with E-state index in [1.54, 1.807) is 0 Å². The van der Waals surface area contributed by atoms with Crippen molar-refractivity contribution in [3.05, 3.63) is 231 Å². The number of hydrogen-bond donors (Lipinski definition) is 0. The summed E-state index contributed by atoms with van der Waals surface area (Å²) in [6.45, 7) is 0. The van der Waals surface area contributed by atoms with E-state index in [1.165, 1.54) is 31.8 Å². The van der Waals surface area contributed by atoms with Crippen LogP contribution < -0.4 is 31.8 Å². The Morgan fingerprint density at radius 2 is 0.540 bits per heavy atom. The van der Waals surface area contributed by atoms with Gasteiger partial charge in [0.25, 0.3) is 0 Å². The molecule has 0 aromatic heterocycles. The fourth-order valence-electron chi connectivity index (χ4n) is 4.87. The van der Waals surface area contributed by atoms with Crippen LogP contribution in [0.15, 0.2) is 231 Å². The third-order valence-corrected chi connectivity index (χ3v) is 11.9. The van der Waals surface area contributed by atoms with Gasteiger partial charge in [0.05, 0.1) is 0 Å². The van der Waals surface area contributed by atoms with Crippen molar-refractivity contribution in [2.45, 2.75) is 0 Å². The summed E-state index contributed by atoms with van der Waals surface area (Å²) in [6, 6.07) is 80.5. The molecule has 8 aromatic rings. The van der Waals surface area contributed by atoms with Crippen LogP contribution >= 0.6 is 40.7 Å². The smallest absolute Gasteiger partial charge is 0.214 e. The summed E-state index contributed by atoms with van der Waals surface area (Å²) >= 11 is 0. The maximum atomic E-state index is 2.23. The number of halogens is 2. The molecular weight excluding hydrogens is 773 g/mol. The molecule has 0 aliphatic rings. The zero-order valence-corrected chi connectivity index (χ0v) is 33.0. The molecule has 0 amide bonds. The monoisotopic (exact) mass is 812 g/mol. The van der Waals surface area contributed by atoms with Gasteiger partial charge >= 0.3 is 34.1 Å². The molecule has 0 bridgehead atoms. The Morgan fingerprint density at radius 3 is 0.720 bits per heavy atom. The van der Waals surface area contributed by atoms with E-state index in [-0.39, 0.29) is 59.0 Å². The topological polar surface area (TPSA) is 0 Å². The van der Waals surface area contributed by atoms with E-state index in [1.807, 2.05) is 60.7 Å². The summed E-state index contributed by atoms with van der Waals surface area (Å²) in [5.41, 5.74) is 0. The van der Waals surface area contributed by atoms with Crippen LogP contribution in [0.4, 0.5) is 0 Å². The summed E-state index contributed by atoms with van der Waals surface area (Å²) in [6.07, 6.45) is 0. The number of rotatable bonds is 6. The quantitative estimate of drug-likeness (QED) is 0.0892. The first kappa shape index (κ1) is 44.8. The van der Waals surface area contributed by atoms with Gasteiger partial charge in [0.15, 0.2) is 0 Å². The van der Waals surface area contributed by atoms with Gasteiger partial charge in [0.2, 0.25) is 0 Å². The molecule has 0 aliphatic carbocycles. The normalized spacial score (nSPS) is 9.32. The maximum Gasteiger partial charge on any atom is 2.00 e. The Balaban J connectivity index is 0.000000368. The molecule has 0 atom stereocenters. The molecule has 8 rings (SSSR count). The van der Waals surface area contributed by atoms with E-state index in [4.69, 9.17) is 0 Å². The van der Waals surface area contributed by atoms with Gasteiger partial charge in [-0.3, -0.25) is 0 Å². The number of hydrogen-bond acceptors (Lipinski definition) is 0. The minimum absolute atomic E-state index is 0. The van der Waals surface area contributed by atoms with Crippen LogP contribution in [0.5, 0.6) is 0 Å². The minimum atomic E-state index is -0.409. The van der Waals surface area contributed by atoms with Crippen molar-refractivity contribution in [2.75, 3.05) is 0 Å². The third-order valence-electron chi connectivity index (χ3n) is 6.98. The van der Waals surface area contributed by atoms with Crippen LogP contribution in [0.2, 0.25) is 0 Å². The van der Waals surface area contributed by atoms with E-state index in [0.717, 1.165) is 0 Å². The Kier molecular flexibility index (Phi) is 23.8. The largest absolute Gasteiger partial charge is 2.00 e. The van der Waals surface area contributed by atoms with Gasteiger partial charge in [-0.2, -0.15) is 60.7 Å². The predicted octanol–water partition coefficient (Wildman–Crippen LogP) is 9.98. The second kappa shape index (κ2) is 26.6. The average molecular weight is 813 g/mol. The van der Waals surface area contributed by atoms with E-state index < -0.39 is 15.8 Å². The number of benzene rings is 4. The molecule has 8 aromatic carbocycles. The van der Waals surface area contributed by atoms with E-state index in [0.29, 0.717) is 0 Å². The Hall–Kier alpha value is -3.24.